The summed E-state index contributed by atoms with van der Waals surface area (Å²) in [5.74, 6) is 0.696. The maximum atomic E-state index is 12.1. The van der Waals surface area contributed by atoms with E-state index >= 15 is 0 Å². The summed E-state index contributed by atoms with van der Waals surface area (Å²) < 4.78 is 5.61. The quantitative estimate of drug-likeness (QED) is 0.904. The molecule has 0 spiro atoms. The molecule has 4 nitrogen and oxygen atoms in total. The number of piperazine rings is 1. The molecule has 0 bridgehead atoms. The molecular formula is C13H17ClN2O2. The summed E-state index contributed by atoms with van der Waals surface area (Å²) in [5, 5.41) is 3.87. The van der Waals surface area contributed by atoms with Crippen molar-refractivity contribution in [2.75, 3.05) is 26.2 Å². The Balaban J connectivity index is 1.92. The summed E-state index contributed by atoms with van der Waals surface area (Å²) in [5.41, 5.74) is 0. The van der Waals surface area contributed by atoms with E-state index in [2.05, 4.69) is 5.32 Å². The minimum absolute atomic E-state index is 0.0338. The van der Waals surface area contributed by atoms with Crippen LogP contribution >= 0.6 is 11.6 Å². The number of benzene rings is 1. The number of nitrogens with zero attached hydrogens (tertiary/aromatic N) is 1. The zero-order valence-corrected chi connectivity index (χ0v) is 11.1. The SMILES string of the molecule is CC(Oc1ccc(Cl)cc1)C(=O)N1CCNCC1. The zero-order chi connectivity index (χ0) is 13.0. The zero-order valence-electron chi connectivity index (χ0n) is 10.4. The Morgan fingerprint density at radius 1 is 1.33 bits per heavy atom. The molecule has 1 N–H and O–H groups in total. The van der Waals surface area contributed by atoms with Crippen LogP contribution in [0, 0.1) is 0 Å². The van der Waals surface area contributed by atoms with Crippen LogP contribution in [0.25, 0.3) is 0 Å². The second kappa shape index (κ2) is 6.07. The van der Waals surface area contributed by atoms with E-state index < -0.39 is 6.10 Å². The lowest BCUT2D eigenvalue weighted by atomic mass is 10.3. The van der Waals surface area contributed by atoms with Gasteiger partial charge in [0.2, 0.25) is 0 Å². The molecule has 1 aromatic carbocycles. The van der Waals surface area contributed by atoms with Crippen LogP contribution in [0.4, 0.5) is 0 Å². The van der Waals surface area contributed by atoms with Gasteiger partial charge in [-0.25, -0.2) is 0 Å². The van der Waals surface area contributed by atoms with Crippen molar-refractivity contribution in [3.05, 3.63) is 29.3 Å². The Labute approximate surface area is 112 Å². The average molecular weight is 269 g/mol. The van der Waals surface area contributed by atoms with Gasteiger partial charge in [-0.2, -0.15) is 0 Å². The lowest BCUT2D eigenvalue weighted by Gasteiger charge is -2.29. The first-order valence-electron chi connectivity index (χ1n) is 6.08. The number of ether oxygens (including phenoxy) is 1. The van der Waals surface area contributed by atoms with E-state index in [1.807, 2.05) is 4.90 Å². The van der Waals surface area contributed by atoms with Crippen molar-refractivity contribution < 1.29 is 9.53 Å². The Bertz CT molecular complexity index is 402. The van der Waals surface area contributed by atoms with Crippen molar-refractivity contribution in [3.8, 4) is 5.75 Å². The molecule has 1 amide bonds. The van der Waals surface area contributed by atoms with E-state index in [1.165, 1.54) is 0 Å². The third-order valence-corrected chi connectivity index (χ3v) is 3.15. The molecule has 1 fully saturated rings. The Morgan fingerprint density at radius 2 is 1.94 bits per heavy atom. The van der Waals surface area contributed by atoms with Crippen molar-refractivity contribution >= 4 is 17.5 Å². The van der Waals surface area contributed by atoms with Gasteiger partial charge in [0.05, 0.1) is 0 Å². The fraction of sp³-hybridized carbons (Fsp3) is 0.462. The third kappa shape index (κ3) is 3.37. The van der Waals surface area contributed by atoms with Crippen molar-refractivity contribution in [3.63, 3.8) is 0 Å². The van der Waals surface area contributed by atoms with E-state index in [9.17, 15) is 4.79 Å². The number of halogens is 1. The van der Waals surface area contributed by atoms with E-state index in [4.69, 9.17) is 16.3 Å². The first kappa shape index (κ1) is 13.2. The molecule has 1 saturated heterocycles. The van der Waals surface area contributed by atoms with Crippen LogP contribution in [0.2, 0.25) is 5.02 Å². The number of carbonyl (C=O) groups is 1. The van der Waals surface area contributed by atoms with Gasteiger partial charge in [0.15, 0.2) is 6.10 Å². The highest BCUT2D eigenvalue weighted by molar-refractivity contribution is 6.30. The molecule has 0 aromatic heterocycles. The highest BCUT2D eigenvalue weighted by Gasteiger charge is 2.23. The molecule has 98 valence electrons. The molecule has 1 unspecified atom stereocenters. The minimum atomic E-state index is -0.468. The standard InChI is InChI=1S/C13H17ClN2O2/c1-10(13(17)16-8-6-15-7-9-16)18-12-4-2-11(14)3-5-12/h2-5,10,15H,6-9H2,1H3. The molecule has 0 aliphatic carbocycles. The Hall–Kier alpha value is -1.26. The van der Waals surface area contributed by atoms with Crippen LogP contribution < -0.4 is 10.1 Å². The summed E-state index contributed by atoms with van der Waals surface area (Å²) in [6.45, 7) is 4.96. The summed E-state index contributed by atoms with van der Waals surface area (Å²) in [6.07, 6.45) is -0.468. The second-order valence-corrected chi connectivity index (χ2v) is 4.73. The van der Waals surface area contributed by atoms with Gasteiger partial charge < -0.3 is 15.0 Å². The highest BCUT2D eigenvalue weighted by atomic mass is 35.5. The largest absolute Gasteiger partial charge is 0.481 e. The summed E-state index contributed by atoms with van der Waals surface area (Å²) in [7, 11) is 0. The Morgan fingerprint density at radius 3 is 2.56 bits per heavy atom. The van der Waals surface area contributed by atoms with Crippen molar-refractivity contribution in [1.82, 2.24) is 10.2 Å². The smallest absolute Gasteiger partial charge is 0.263 e. The number of hydrogen-bond acceptors (Lipinski definition) is 3. The molecule has 18 heavy (non-hydrogen) atoms. The van der Waals surface area contributed by atoms with E-state index in [-0.39, 0.29) is 5.91 Å². The van der Waals surface area contributed by atoms with Gasteiger partial charge in [-0.3, -0.25) is 4.79 Å². The lowest BCUT2D eigenvalue weighted by Crippen LogP contribution is -2.50. The van der Waals surface area contributed by atoms with Gasteiger partial charge >= 0.3 is 0 Å². The molecule has 2 rings (SSSR count). The molecule has 0 radical (unpaired) electrons. The van der Waals surface area contributed by atoms with Crippen LogP contribution in [-0.4, -0.2) is 43.1 Å². The van der Waals surface area contributed by atoms with Crippen molar-refractivity contribution in [2.45, 2.75) is 13.0 Å². The van der Waals surface area contributed by atoms with Crippen LogP contribution in [0.15, 0.2) is 24.3 Å². The second-order valence-electron chi connectivity index (χ2n) is 4.29. The average Bonchev–Trinajstić information content (AvgIpc) is 2.41. The number of carbonyl (C=O) groups excluding carboxylic acids is 1. The van der Waals surface area contributed by atoms with Gasteiger partial charge in [-0.05, 0) is 31.2 Å². The summed E-state index contributed by atoms with van der Waals surface area (Å²) in [6, 6.07) is 7.03. The number of nitrogens with one attached hydrogen (secondary N) is 1. The molecule has 1 atom stereocenters. The van der Waals surface area contributed by atoms with Crippen LogP contribution in [0.3, 0.4) is 0 Å². The maximum Gasteiger partial charge on any atom is 0.263 e. The van der Waals surface area contributed by atoms with Gasteiger partial charge in [0, 0.05) is 31.2 Å². The van der Waals surface area contributed by atoms with Gasteiger partial charge in [-0.1, -0.05) is 11.6 Å². The van der Waals surface area contributed by atoms with Crippen molar-refractivity contribution in [1.29, 1.82) is 0 Å². The van der Waals surface area contributed by atoms with Crippen LogP contribution in [0.1, 0.15) is 6.92 Å². The molecule has 5 heteroatoms. The van der Waals surface area contributed by atoms with Crippen LogP contribution in [-0.2, 0) is 4.79 Å². The maximum absolute atomic E-state index is 12.1. The monoisotopic (exact) mass is 268 g/mol. The fourth-order valence-electron chi connectivity index (χ4n) is 1.91. The highest BCUT2D eigenvalue weighted by Crippen LogP contribution is 2.17. The number of amides is 1. The normalized spacial score (nSPS) is 17.3. The molecule has 1 aliphatic heterocycles. The minimum Gasteiger partial charge on any atom is -0.481 e. The summed E-state index contributed by atoms with van der Waals surface area (Å²) in [4.78, 5) is 13.9. The first-order valence-corrected chi connectivity index (χ1v) is 6.46. The predicted octanol–water partition coefficient (Wildman–Crippen LogP) is 1.54. The van der Waals surface area contributed by atoms with Crippen molar-refractivity contribution in [2.24, 2.45) is 0 Å². The van der Waals surface area contributed by atoms with Gasteiger partial charge in [0.25, 0.3) is 5.91 Å². The predicted molar refractivity (Wildman–Crippen MR) is 71.0 cm³/mol. The molecule has 0 saturated carbocycles. The molecule has 1 aromatic rings. The fourth-order valence-corrected chi connectivity index (χ4v) is 2.04. The lowest BCUT2D eigenvalue weighted by molar-refractivity contribution is -0.138. The van der Waals surface area contributed by atoms with Crippen LogP contribution in [0.5, 0.6) is 5.75 Å². The Kier molecular flexibility index (Phi) is 4.44. The molecular weight excluding hydrogens is 252 g/mol. The first-order chi connectivity index (χ1) is 8.66. The number of hydrogen-bond donors (Lipinski definition) is 1. The topological polar surface area (TPSA) is 41.6 Å². The van der Waals surface area contributed by atoms with Gasteiger partial charge in [-0.15, -0.1) is 0 Å². The summed E-state index contributed by atoms with van der Waals surface area (Å²) >= 11 is 5.79. The van der Waals surface area contributed by atoms with Gasteiger partial charge in [0.1, 0.15) is 5.75 Å². The van der Waals surface area contributed by atoms with E-state index in [0.29, 0.717) is 10.8 Å². The van der Waals surface area contributed by atoms with E-state index in [0.717, 1.165) is 26.2 Å². The third-order valence-electron chi connectivity index (χ3n) is 2.90. The molecule has 1 heterocycles. The number of rotatable bonds is 3. The molecule has 1 aliphatic rings. The van der Waals surface area contributed by atoms with E-state index in [1.54, 1.807) is 31.2 Å².